The number of anilines is 3. The number of aromatic nitrogens is 4. The molecule has 1 amide bonds. The third-order valence-electron chi connectivity index (χ3n) is 4.35. The first-order valence-corrected chi connectivity index (χ1v) is 8.77. The molecule has 27 heavy (non-hydrogen) atoms. The molecule has 4 rings (SSSR count). The summed E-state index contributed by atoms with van der Waals surface area (Å²) < 4.78 is 0. The summed E-state index contributed by atoms with van der Waals surface area (Å²) in [5, 5.41) is 11.6. The van der Waals surface area contributed by atoms with E-state index in [1.807, 2.05) is 41.3 Å². The molecular weight excluding hydrogens is 342 g/mol. The molecule has 0 bridgehead atoms. The van der Waals surface area contributed by atoms with E-state index in [9.17, 15) is 4.79 Å². The van der Waals surface area contributed by atoms with E-state index in [1.165, 1.54) is 0 Å². The molecule has 3 aromatic rings. The van der Waals surface area contributed by atoms with E-state index in [4.69, 9.17) is 0 Å². The van der Waals surface area contributed by atoms with Crippen LogP contribution in [-0.4, -0.2) is 57.2 Å². The van der Waals surface area contributed by atoms with Gasteiger partial charge in [-0.1, -0.05) is 12.1 Å². The number of rotatable bonds is 4. The number of nitrogens with zero attached hydrogens (tertiary/aromatic N) is 6. The van der Waals surface area contributed by atoms with Gasteiger partial charge in [-0.05, 0) is 36.4 Å². The van der Waals surface area contributed by atoms with Crippen LogP contribution in [-0.2, 0) is 0 Å². The minimum absolute atomic E-state index is 0.0313. The third-order valence-corrected chi connectivity index (χ3v) is 4.35. The zero-order chi connectivity index (χ0) is 18.5. The van der Waals surface area contributed by atoms with Crippen molar-refractivity contribution in [3.63, 3.8) is 0 Å². The average molecular weight is 361 g/mol. The Kier molecular flexibility index (Phi) is 4.86. The maximum atomic E-state index is 12.5. The molecule has 0 spiro atoms. The van der Waals surface area contributed by atoms with Gasteiger partial charge in [-0.3, -0.25) is 9.78 Å². The highest BCUT2D eigenvalue weighted by atomic mass is 16.2. The van der Waals surface area contributed by atoms with Crippen LogP contribution in [0.4, 0.5) is 17.5 Å². The van der Waals surface area contributed by atoms with E-state index in [0.717, 1.165) is 11.6 Å². The Morgan fingerprint density at radius 1 is 0.815 bits per heavy atom. The molecule has 0 atom stereocenters. The molecule has 1 fully saturated rings. The van der Waals surface area contributed by atoms with E-state index >= 15 is 0 Å². The Labute approximate surface area is 156 Å². The maximum Gasteiger partial charge on any atom is 0.272 e. The smallest absolute Gasteiger partial charge is 0.272 e. The standard InChI is InChI=1S/C19H19N7O/c27-19(15-5-1-3-9-20-15)26-13-11-25(12-14-26)18-8-7-17(23-24-18)22-16-6-2-4-10-21-16/h1-10H,11-14H2,(H,21,22,23). The zero-order valence-electron chi connectivity index (χ0n) is 14.7. The first kappa shape index (κ1) is 16.9. The Balaban J connectivity index is 1.35. The van der Waals surface area contributed by atoms with Crippen LogP contribution in [0.1, 0.15) is 10.5 Å². The van der Waals surface area contributed by atoms with Crippen molar-refractivity contribution < 1.29 is 4.79 Å². The summed E-state index contributed by atoms with van der Waals surface area (Å²) in [5.74, 6) is 2.13. The number of amides is 1. The molecular formula is C19H19N7O. The highest BCUT2D eigenvalue weighted by molar-refractivity contribution is 5.92. The van der Waals surface area contributed by atoms with Gasteiger partial charge in [-0.25, -0.2) is 4.98 Å². The van der Waals surface area contributed by atoms with Gasteiger partial charge in [-0.15, -0.1) is 10.2 Å². The van der Waals surface area contributed by atoms with Crippen molar-refractivity contribution >= 4 is 23.4 Å². The van der Waals surface area contributed by atoms with Crippen molar-refractivity contribution in [1.29, 1.82) is 0 Å². The summed E-state index contributed by atoms with van der Waals surface area (Å²) in [6.07, 6.45) is 3.36. The predicted molar refractivity (Wildman–Crippen MR) is 102 cm³/mol. The first-order valence-electron chi connectivity index (χ1n) is 8.77. The van der Waals surface area contributed by atoms with Crippen molar-refractivity contribution in [2.45, 2.75) is 0 Å². The van der Waals surface area contributed by atoms with Crippen LogP contribution < -0.4 is 10.2 Å². The van der Waals surface area contributed by atoms with Crippen LogP contribution in [0.2, 0.25) is 0 Å². The van der Waals surface area contributed by atoms with Crippen molar-refractivity contribution in [2.24, 2.45) is 0 Å². The maximum absolute atomic E-state index is 12.5. The predicted octanol–water partition coefficient (Wildman–Crippen LogP) is 1.97. The summed E-state index contributed by atoms with van der Waals surface area (Å²) in [7, 11) is 0. The lowest BCUT2D eigenvalue weighted by Gasteiger charge is -2.35. The molecule has 0 radical (unpaired) electrons. The van der Waals surface area contributed by atoms with Crippen molar-refractivity contribution in [3.8, 4) is 0 Å². The van der Waals surface area contributed by atoms with E-state index in [1.54, 1.807) is 24.5 Å². The molecule has 136 valence electrons. The Hall–Kier alpha value is -3.55. The lowest BCUT2D eigenvalue weighted by Crippen LogP contribution is -2.49. The van der Waals surface area contributed by atoms with E-state index < -0.39 is 0 Å². The molecule has 8 heteroatoms. The molecule has 1 aliphatic heterocycles. The average Bonchev–Trinajstić information content (AvgIpc) is 2.75. The molecule has 4 heterocycles. The molecule has 0 aliphatic carbocycles. The first-order chi connectivity index (χ1) is 13.3. The van der Waals surface area contributed by atoms with E-state index in [-0.39, 0.29) is 5.91 Å². The third kappa shape index (κ3) is 4.00. The second-order valence-corrected chi connectivity index (χ2v) is 6.11. The number of pyridine rings is 2. The van der Waals surface area contributed by atoms with Crippen LogP contribution in [0, 0.1) is 0 Å². The number of carbonyl (C=O) groups excluding carboxylic acids is 1. The molecule has 3 aromatic heterocycles. The van der Waals surface area contributed by atoms with Crippen LogP contribution in [0.3, 0.4) is 0 Å². The van der Waals surface area contributed by atoms with Gasteiger partial charge < -0.3 is 15.1 Å². The minimum atomic E-state index is -0.0313. The molecule has 8 nitrogen and oxygen atoms in total. The summed E-state index contributed by atoms with van der Waals surface area (Å²) >= 11 is 0. The zero-order valence-corrected chi connectivity index (χ0v) is 14.7. The van der Waals surface area contributed by atoms with Crippen LogP contribution in [0.5, 0.6) is 0 Å². The van der Waals surface area contributed by atoms with Crippen molar-refractivity contribution in [1.82, 2.24) is 25.1 Å². The Morgan fingerprint density at radius 2 is 1.59 bits per heavy atom. The van der Waals surface area contributed by atoms with E-state index in [0.29, 0.717) is 37.7 Å². The summed E-state index contributed by atoms with van der Waals surface area (Å²) in [6, 6.07) is 14.8. The normalized spacial score (nSPS) is 14.1. The molecule has 1 N–H and O–H groups in total. The van der Waals surface area contributed by atoms with Gasteiger partial charge in [0.05, 0.1) is 0 Å². The summed E-state index contributed by atoms with van der Waals surface area (Å²) in [6.45, 7) is 2.68. The van der Waals surface area contributed by atoms with Gasteiger partial charge in [0, 0.05) is 38.6 Å². The second kappa shape index (κ2) is 7.77. The monoisotopic (exact) mass is 361 g/mol. The highest BCUT2D eigenvalue weighted by Gasteiger charge is 2.23. The van der Waals surface area contributed by atoms with Crippen molar-refractivity contribution in [2.75, 3.05) is 36.4 Å². The molecule has 1 saturated heterocycles. The van der Waals surface area contributed by atoms with Gasteiger partial charge in [-0.2, -0.15) is 0 Å². The fourth-order valence-electron chi connectivity index (χ4n) is 2.92. The van der Waals surface area contributed by atoms with Gasteiger partial charge >= 0.3 is 0 Å². The minimum Gasteiger partial charge on any atom is -0.352 e. The van der Waals surface area contributed by atoms with Crippen LogP contribution >= 0.6 is 0 Å². The SMILES string of the molecule is O=C(c1ccccn1)N1CCN(c2ccc(Nc3ccccn3)nn2)CC1. The molecule has 0 aromatic carbocycles. The Morgan fingerprint density at radius 3 is 2.22 bits per heavy atom. The fourth-order valence-corrected chi connectivity index (χ4v) is 2.92. The lowest BCUT2D eigenvalue weighted by atomic mass is 10.2. The fraction of sp³-hybridized carbons (Fsp3) is 0.211. The number of carbonyl (C=O) groups is 1. The largest absolute Gasteiger partial charge is 0.352 e. The van der Waals surface area contributed by atoms with Gasteiger partial charge in [0.15, 0.2) is 11.6 Å². The number of nitrogens with one attached hydrogen (secondary N) is 1. The van der Waals surface area contributed by atoms with Crippen LogP contribution in [0.25, 0.3) is 0 Å². The number of piperazine rings is 1. The molecule has 1 aliphatic rings. The van der Waals surface area contributed by atoms with Crippen LogP contribution in [0.15, 0.2) is 60.9 Å². The topological polar surface area (TPSA) is 87.1 Å². The van der Waals surface area contributed by atoms with Gasteiger partial charge in [0.1, 0.15) is 11.5 Å². The quantitative estimate of drug-likeness (QED) is 0.760. The van der Waals surface area contributed by atoms with Gasteiger partial charge in [0.25, 0.3) is 5.91 Å². The van der Waals surface area contributed by atoms with Gasteiger partial charge in [0.2, 0.25) is 0 Å². The summed E-state index contributed by atoms with van der Waals surface area (Å²) in [4.78, 5) is 24.8. The highest BCUT2D eigenvalue weighted by Crippen LogP contribution is 2.17. The number of hydrogen-bond acceptors (Lipinski definition) is 7. The van der Waals surface area contributed by atoms with E-state index in [2.05, 4.69) is 30.4 Å². The lowest BCUT2D eigenvalue weighted by molar-refractivity contribution is 0.0740. The molecule has 0 saturated carbocycles. The number of hydrogen-bond donors (Lipinski definition) is 1. The second-order valence-electron chi connectivity index (χ2n) is 6.11. The van der Waals surface area contributed by atoms with Crippen molar-refractivity contribution in [3.05, 3.63) is 66.6 Å². The summed E-state index contributed by atoms with van der Waals surface area (Å²) in [5.41, 5.74) is 0.482. The molecule has 0 unspecified atom stereocenters. The Bertz CT molecular complexity index is 879.